The number of benzene rings is 2. The van der Waals surface area contributed by atoms with Gasteiger partial charge in [0.15, 0.2) is 0 Å². The van der Waals surface area contributed by atoms with Crippen molar-refractivity contribution >= 4 is 15.9 Å². The predicted octanol–water partition coefficient (Wildman–Crippen LogP) is 3.89. The standard InChI is InChI=1S/C26H34N2O4S/c1-4-15-28(24-12-9-21-7-5-6-8-23(21)16-24)26(29)22-10-13-25(14-11-22)33(30,31)27-17-19(2)32-20(3)18-27/h5-8,10-11,13-14,19-20,24H,4,9,12,15-18H2,1-3H3. The molecule has 1 aliphatic carbocycles. The van der Waals surface area contributed by atoms with Gasteiger partial charge in [-0.05, 0) is 74.9 Å². The maximum atomic E-state index is 13.4. The second-order valence-electron chi connectivity index (χ2n) is 9.27. The molecule has 2 aromatic carbocycles. The summed E-state index contributed by atoms with van der Waals surface area (Å²) in [6.45, 7) is 7.20. The highest BCUT2D eigenvalue weighted by Crippen LogP contribution is 2.27. The van der Waals surface area contributed by atoms with E-state index in [-0.39, 0.29) is 29.1 Å². The highest BCUT2D eigenvalue weighted by Gasteiger charge is 2.33. The van der Waals surface area contributed by atoms with E-state index in [4.69, 9.17) is 4.74 Å². The molecular weight excluding hydrogens is 436 g/mol. The first-order valence-corrected chi connectivity index (χ1v) is 13.4. The summed E-state index contributed by atoms with van der Waals surface area (Å²) < 4.78 is 33.4. The summed E-state index contributed by atoms with van der Waals surface area (Å²) in [6, 6.07) is 15.1. The zero-order chi connectivity index (χ0) is 23.6. The Balaban J connectivity index is 1.52. The number of rotatable bonds is 6. The molecule has 1 aliphatic heterocycles. The van der Waals surface area contributed by atoms with Crippen molar-refractivity contribution in [3.63, 3.8) is 0 Å². The highest BCUT2D eigenvalue weighted by molar-refractivity contribution is 7.89. The third kappa shape index (κ3) is 5.15. The zero-order valence-electron chi connectivity index (χ0n) is 19.7. The lowest BCUT2D eigenvalue weighted by atomic mass is 9.87. The van der Waals surface area contributed by atoms with E-state index in [9.17, 15) is 13.2 Å². The summed E-state index contributed by atoms with van der Waals surface area (Å²) in [7, 11) is -3.63. The molecule has 0 spiro atoms. The van der Waals surface area contributed by atoms with Crippen molar-refractivity contribution in [1.82, 2.24) is 9.21 Å². The van der Waals surface area contributed by atoms with Gasteiger partial charge >= 0.3 is 0 Å². The summed E-state index contributed by atoms with van der Waals surface area (Å²) in [6.07, 6.45) is 3.37. The van der Waals surface area contributed by atoms with Crippen molar-refractivity contribution in [3.05, 3.63) is 65.2 Å². The number of fused-ring (bicyclic) bond motifs is 1. The van der Waals surface area contributed by atoms with Crippen LogP contribution in [0.1, 0.15) is 55.1 Å². The van der Waals surface area contributed by atoms with E-state index >= 15 is 0 Å². The van der Waals surface area contributed by atoms with E-state index in [1.54, 1.807) is 24.3 Å². The number of morpholine rings is 1. The molecule has 3 unspecified atom stereocenters. The van der Waals surface area contributed by atoms with Gasteiger partial charge in [-0.1, -0.05) is 31.2 Å². The average Bonchev–Trinajstić information content (AvgIpc) is 2.81. The molecule has 178 valence electrons. The van der Waals surface area contributed by atoms with Crippen LogP contribution in [0, 0.1) is 0 Å². The first-order chi connectivity index (χ1) is 15.8. The lowest BCUT2D eigenvalue weighted by Crippen LogP contribution is -2.48. The van der Waals surface area contributed by atoms with Crippen molar-refractivity contribution in [2.45, 2.75) is 69.6 Å². The van der Waals surface area contributed by atoms with Gasteiger partial charge in [-0.2, -0.15) is 4.31 Å². The first kappa shape index (κ1) is 23.9. The minimum absolute atomic E-state index is 0.0289. The number of carbonyl (C=O) groups excluding carboxylic acids is 1. The Hall–Kier alpha value is -2.22. The molecule has 0 bridgehead atoms. The molecular formula is C26H34N2O4S. The third-order valence-electron chi connectivity index (χ3n) is 6.61. The number of carbonyl (C=O) groups is 1. The van der Waals surface area contributed by atoms with E-state index in [2.05, 4.69) is 31.2 Å². The molecule has 4 rings (SSSR count). The lowest BCUT2D eigenvalue weighted by Gasteiger charge is -2.35. The molecule has 33 heavy (non-hydrogen) atoms. The Bertz CT molecular complexity index is 1070. The number of nitrogens with zero attached hydrogens (tertiary/aromatic N) is 2. The van der Waals surface area contributed by atoms with Crippen LogP contribution >= 0.6 is 0 Å². The SMILES string of the molecule is CCCN(C(=O)c1ccc(S(=O)(=O)N2CC(C)OC(C)C2)cc1)C1CCc2ccccc2C1. The zero-order valence-corrected chi connectivity index (χ0v) is 20.6. The van der Waals surface area contributed by atoms with Crippen LogP contribution in [0.15, 0.2) is 53.4 Å². The van der Waals surface area contributed by atoms with Gasteiger partial charge in [-0.25, -0.2) is 8.42 Å². The van der Waals surface area contributed by atoms with Crippen molar-refractivity contribution in [3.8, 4) is 0 Å². The van der Waals surface area contributed by atoms with Gasteiger partial charge in [0.25, 0.3) is 5.91 Å². The molecule has 2 aromatic rings. The van der Waals surface area contributed by atoms with Crippen molar-refractivity contribution < 1.29 is 17.9 Å². The molecule has 1 amide bonds. The van der Waals surface area contributed by atoms with E-state index in [1.165, 1.54) is 15.4 Å². The summed E-state index contributed by atoms with van der Waals surface area (Å²) in [4.78, 5) is 15.6. The minimum Gasteiger partial charge on any atom is -0.373 e. The van der Waals surface area contributed by atoms with Crippen molar-refractivity contribution in [2.75, 3.05) is 19.6 Å². The predicted molar refractivity (Wildman–Crippen MR) is 129 cm³/mol. The minimum atomic E-state index is -3.63. The fourth-order valence-corrected chi connectivity index (χ4v) is 6.64. The van der Waals surface area contributed by atoms with E-state index in [0.717, 1.165) is 25.7 Å². The van der Waals surface area contributed by atoms with Crippen LogP contribution in [0.25, 0.3) is 0 Å². The number of hydrogen-bond donors (Lipinski definition) is 0. The van der Waals surface area contributed by atoms with Gasteiger partial charge in [-0.3, -0.25) is 4.79 Å². The number of amides is 1. The molecule has 0 radical (unpaired) electrons. The van der Waals surface area contributed by atoms with Gasteiger partial charge < -0.3 is 9.64 Å². The van der Waals surface area contributed by atoms with E-state index in [1.807, 2.05) is 18.7 Å². The molecule has 0 saturated carbocycles. The van der Waals surface area contributed by atoms with Crippen molar-refractivity contribution in [2.24, 2.45) is 0 Å². The molecule has 1 fully saturated rings. The van der Waals surface area contributed by atoms with Crippen LogP contribution < -0.4 is 0 Å². The smallest absolute Gasteiger partial charge is 0.254 e. The van der Waals surface area contributed by atoms with Crippen LogP contribution in [-0.4, -0.2) is 61.4 Å². The lowest BCUT2D eigenvalue weighted by molar-refractivity contribution is -0.0440. The summed E-state index contributed by atoms with van der Waals surface area (Å²) in [5.41, 5.74) is 3.22. The number of hydrogen-bond acceptors (Lipinski definition) is 4. The van der Waals surface area contributed by atoms with Gasteiger partial charge in [0.2, 0.25) is 10.0 Å². The van der Waals surface area contributed by atoms with Crippen LogP contribution in [0.4, 0.5) is 0 Å². The van der Waals surface area contributed by atoms with Crippen LogP contribution in [-0.2, 0) is 27.6 Å². The van der Waals surface area contributed by atoms with Gasteiger partial charge in [0.05, 0.1) is 17.1 Å². The Labute approximate surface area is 197 Å². The van der Waals surface area contributed by atoms with Gasteiger partial charge in [0.1, 0.15) is 0 Å². The fraction of sp³-hybridized carbons (Fsp3) is 0.500. The Morgan fingerprint density at radius 3 is 2.30 bits per heavy atom. The van der Waals surface area contributed by atoms with E-state index < -0.39 is 10.0 Å². The molecule has 0 aromatic heterocycles. The summed E-state index contributed by atoms with van der Waals surface area (Å²) in [5.74, 6) is -0.0289. The Morgan fingerprint density at radius 1 is 1.03 bits per heavy atom. The van der Waals surface area contributed by atoms with E-state index in [0.29, 0.717) is 25.2 Å². The molecule has 3 atom stereocenters. The molecule has 1 heterocycles. The monoisotopic (exact) mass is 470 g/mol. The topological polar surface area (TPSA) is 66.9 Å². The second-order valence-corrected chi connectivity index (χ2v) is 11.2. The number of ether oxygens (including phenoxy) is 1. The highest BCUT2D eigenvalue weighted by atomic mass is 32.2. The maximum absolute atomic E-state index is 13.4. The Morgan fingerprint density at radius 2 is 1.67 bits per heavy atom. The molecule has 0 N–H and O–H groups in total. The maximum Gasteiger partial charge on any atom is 0.254 e. The Kier molecular flexibility index (Phi) is 7.22. The number of aryl methyl sites for hydroxylation is 1. The van der Waals surface area contributed by atoms with Gasteiger partial charge in [-0.15, -0.1) is 0 Å². The molecule has 1 saturated heterocycles. The molecule has 7 heteroatoms. The van der Waals surface area contributed by atoms with Crippen molar-refractivity contribution in [1.29, 1.82) is 0 Å². The average molecular weight is 471 g/mol. The quantitative estimate of drug-likeness (QED) is 0.642. The fourth-order valence-electron chi connectivity index (χ4n) is 5.05. The normalized spacial score (nSPS) is 23.7. The molecule has 2 aliphatic rings. The molecule has 6 nitrogen and oxygen atoms in total. The number of sulfonamides is 1. The van der Waals surface area contributed by atoms with Crippen LogP contribution in [0.2, 0.25) is 0 Å². The van der Waals surface area contributed by atoms with Gasteiger partial charge in [0, 0.05) is 31.2 Å². The summed E-state index contributed by atoms with van der Waals surface area (Å²) in [5, 5.41) is 0. The third-order valence-corrected chi connectivity index (χ3v) is 8.46. The van der Waals surface area contributed by atoms with Crippen LogP contribution in [0.3, 0.4) is 0 Å². The summed E-state index contributed by atoms with van der Waals surface area (Å²) >= 11 is 0. The first-order valence-electron chi connectivity index (χ1n) is 11.9. The largest absolute Gasteiger partial charge is 0.373 e. The second kappa shape index (κ2) is 9.95. The van der Waals surface area contributed by atoms with Crippen LogP contribution in [0.5, 0.6) is 0 Å².